The molecule has 0 fully saturated rings. The topological polar surface area (TPSA) is 96.9 Å². The Hall–Kier alpha value is -1.95. The minimum absolute atomic E-state index is 0.0797. The molecule has 0 heterocycles. The second-order valence-corrected chi connectivity index (χ2v) is 5.21. The van der Waals surface area contributed by atoms with Crippen LogP contribution in [0.15, 0.2) is 23.4 Å². The van der Waals surface area contributed by atoms with Gasteiger partial charge in [0.2, 0.25) is 0 Å². The largest absolute Gasteiger partial charge is 0.444 e. The summed E-state index contributed by atoms with van der Waals surface area (Å²) in [5.74, 6) is -0.0797. The number of nitrogens with one attached hydrogen (secondary N) is 1. The summed E-state index contributed by atoms with van der Waals surface area (Å²) in [7, 11) is 0. The van der Waals surface area contributed by atoms with Gasteiger partial charge in [-0.1, -0.05) is 16.8 Å². The summed E-state index contributed by atoms with van der Waals surface area (Å²) in [6, 6.07) is 4.58. The number of amidine groups is 1. The van der Waals surface area contributed by atoms with Crippen molar-refractivity contribution in [1.82, 2.24) is 0 Å². The van der Waals surface area contributed by atoms with Crippen LogP contribution in [-0.2, 0) is 4.74 Å². The number of hydrogen-bond acceptors (Lipinski definition) is 4. The van der Waals surface area contributed by atoms with Crippen LogP contribution in [0.4, 0.5) is 10.5 Å². The third-order valence-corrected chi connectivity index (χ3v) is 2.34. The number of carbonyl (C=O) groups is 1. The molecule has 0 aliphatic rings. The Kier molecular flexibility index (Phi) is 4.61. The third-order valence-electron chi connectivity index (χ3n) is 2.01. The summed E-state index contributed by atoms with van der Waals surface area (Å²) in [6.07, 6.45) is -0.633. The number of benzene rings is 1. The number of anilines is 1. The molecule has 7 heteroatoms. The second kappa shape index (κ2) is 5.79. The van der Waals surface area contributed by atoms with Crippen LogP contribution < -0.4 is 11.1 Å². The van der Waals surface area contributed by atoms with Crippen molar-refractivity contribution in [3.8, 4) is 0 Å². The molecule has 104 valence electrons. The first-order valence-electron chi connectivity index (χ1n) is 5.50. The Balaban J connectivity index is 2.92. The second-order valence-electron chi connectivity index (χ2n) is 4.81. The molecule has 0 bridgehead atoms. The molecule has 1 aromatic carbocycles. The highest BCUT2D eigenvalue weighted by molar-refractivity contribution is 6.33. The Morgan fingerprint density at radius 3 is 2.63 bits per heavy atom. The molecule has 0 saturated heterocycles. The normalized spacial score (nSPS) is 12.1. The number of hydrogen-bond donors (Lipinski definition) is 3. The van der Waals surface area contributed by atoms with Gasteiger partial charge in [-0.15, -0.1) is 0 Å². The van der Waals surface area contributed by atoms with E-state index in [-0.39, 0.29) is 5.84 Å². The van der Waals surface area contributed by atoms with E-state index in [1.807, 2.05) is 0 Å². The molecule has 4 N–H and O–H groups in total. The lowest BCUT2D eigenvalue weighted by Crippen LogP contribution is -2.27. The van der Waals surface area contributed by atoms with Gasteiger partial charge >= 0.3 is 6.09 Å². The van der Waals surface area contributed by atoms with Crippen LogP contribution in [0.2, 0.25) is 5.02 Å². The molecule has 19 heavy (non-hydrogen) atoms. The van der Waals surface area contributed by atoms with Crippen molar-refractivity contribution < 1.29 is 14.7 Å². The number of amides is 1. The van der Waals surface area contributed by atoms with Gasteiger partial charge in [0.05, 0.1) is 10.7 Å². The van der Waals surface area contributed by atoms with Crippen LogP contribution in [0, 0.1) is 0 Å². The molecule has 0 unspecified atom stereocenters. The van der Waals surface area contributed by atoms with Gasteiger partial charge in [-0.2, -0.15) is 0 Å². The zero-order chi connectivity index (χ0) is 14.6. The molecule has 1 amide bonds. The van der Waals surface area contributed by atoms with Crippen LogP contribution in [0.25, 0.3) is 0 Å². The van der Waals surface area contributed by atoms with Crippen molar-refractivity contribution in [2.45, 2.75) is 26.4 Å². The average Bonchev–Trinajstić information content (AvgIpc) is 2.28. The first kappa shape index (κ1) is 15.1. The van der Waals surface area contributed by atoms with Crippen molar-refractivity contribution in [3.05, 3.63) is 28.8 Å². The number of halogens is 1. The van der Waals surface area contributed by atoms with Crippen molar-refractivity contribution in [1.29, 1.82) is 0 Å². The summed E-state index contributed by atoms with van der Waals surface area (Å²) in [5, 5.41) is 14.3. The molecule has 0 aromatic heterocycles. The van der Waals surface area contributed by atoms with E-state index >= 15 is 0 Å². The molecule has 0 aliphatic carbocycles. The molecule has 1 aromatic rings. The van der Waals surface area contributed by atoms with Gasteiger partial charge in [0.25, 0.3) is 0 Å². The highest BCUT2D eigenvalue weighted by Crippen LogP contribution is 2.23. The van der Waals surface area contributed by atoms with E-state index in [9.17, 15) is 4.79 Å². The Morgan fingerprint density at radius 1 is 1.47 bits per heavy atom. The molecular formula is C12H16ClN3O3. The van der Waals surface area contributed by atoms with Crippen LogP contribution in [-0.4, -0.2) is 22.7 Å². The maximum absolute atomic E-state index is 11.6. The Labute approximate surface area is 116 Å². The van der Waals surface area contributed by atoms with E-state index in [0.717, 1.165) is 0 Å². The van der Waals surface area contributed by atoms with Crippen molar-refractivity contribution in [3.63, 3.8) is 0 Å². The lowest BCUT2D eigenvalue weighted by atomic mass is 10.2. The summed E-state index contributed by atoms with van der Waals surface area (Å²) < 4.78 is 5.10. The fourth-order valence-corrected chi connectivity index (χ4v) is 1.42. The average molecular weight is 286 g/mol. The van der Waals surface area contributed by atoms with Crippen LogP contribution in [0.3, 0.4) is 0 Å². The summed E-state index contributed by atoms with van der Waals surface area (Å²) in [6.45, 7) is 5.25. The SMILES string of the molecule is CC(C)(C)OC(=O)Nc1cc(C(N)=NO)ccc1Cl. The number of nitrogens with zero attached hydrogens (tertiary/aromatic N) is 1. The predicted octanol–water partition coefficient (Wildman–Crippen LogP) is 2.78. The van der Waals surface area contributed by atoms with Gasteiger partial charge in [-0.05, 0) is 39.0 Å². The maximum Gasteiger partial charge on any atom is 0.412 e. The van der Waals surface area contributed by atoms with E-state index in [4.69, 9.17) is 27.3 Å². The highest BCUT2D eigenvalue weighted by Gasteiger charge is 2.17. The van der Waals surface area contributed by atoms with Crippen LogP contribution in [0.5, 0.6) is 0 Å². The van der Waals surface area contributed by atoms with E-state index in [0.29, 0.717) is 16.3 Å². The van der Waals surface area contributed by atoms with Crippen molar-refractivity contribution in [2.24, 2.45) is 10.9 Å². The Morgan fingerprint density at radius 2 is 2.11 bits per heavy atom. The zero-order valence-electron chi connectivity index (χ0n) is 10.9. The molecule has 0 atom stereocenters. The smallest absolute Gasteiger partial charge is 0.412 e. The first-order chi connectivity index (χ1) is 8.73. The lowest BCUT2D eigenvalue weighted by Gasteiger charge is -2.20. The minimum atomic E-state index is -0.633. The van der Waals surface area contributed by atoms with Crippen LogP contribution in [0.1, 0.15) is 26.3 Å². The number of nitrogens with two attached hydrogens (primary N) is 1. The fraction of sp³-hybridized carbons (Fsp3) is 0.333. The monoisotopic (exact) mass is 285 g/mol. The summed E-state index contributed by atoms with van der Waals surface area (Å²) >= 11 is 5.95. The highest BCUT2D eigenvalue weighted by atomic mass is 35.5. The van der Waals surface area contributed by atoms with E-state index < -0.39 is 11.7 Å². The number of rotatable bonds is 2. The molecular weight excluding hydrogens is 270 g/mol. The number of carbonyl (C=O) groups excluding carboxylic acids is 1. The van der Waals surface area contributed by atoms with Gasteiger partial charge in [-0.25, -0.2) is 4.79 Å². The molecule has 0 saturated carbocycles. The van der Waals surface area contributed by atoms with Gasteiger partial charge in [-0.3, -0.25) is 5.32 Å². The first-order valence-corrected chi connectivity index (χ1v) is 5.88. The van der Waals surface area contributed by atoms with Gasteiger partial charge in [0.15, 0.2) is 5.84 Å². The lowest BCUT2D eigenvalue weighted by molar-refractivity contribution is 0.0636. The van der Waals surface area contributed by atoms with E-state index in [2.05, 4.69) is 10.5 Å². The molecule has 0 spiro atoms. The predicted molar refractivity (Wildman–Crippen MR) is 73.8 cm³/mol. The van der Waals surface area contributed by atoms with Gasteiger partial charge in [0, 0.05) is 5.56 Å². The molecule has 1 rings (SSSR count). The van der Waals surface area contributed by atoms with Gasteiger partial charge in [0.1, 0.15) is 5.60 Å². The molecule has 6 nitrogen and oxygen atoms in total. The van der Waals surface area contributed by atoms with E-state index in [1.165, 1.54) is 12.1 Å². The quantitative estimate of drug-likeness (QED) is 0.337. The fourth-order valence-electron chi connectivity index (χ4n) is 1.25. The Bertz CT molecular complexity index is 509. The minimum Gasteiger partial charge on any atom is -0.444 e. The summed E-state index contributed by atoms with van der Waals surface area (Å²) in [4.78, 5) is 11.6. The standard InChI is InChI=1S/C12H16ClN3O3/c1-12(2,3)19-11(17)15-9-6-7(10(14)16-18)4-5-8(9)13/h4-6,18H,1-3H3,(H2,14,16)(H,15,17). The summed E-state index contributed by atoms with van der Waals surface area (Å²) in [5.41, 5.74) is 5.60. The van der Waals surface area contributed by atoms with E-state index in [1.54, 1.807) is 26.8 Å². The molecule has 0 radical (unpaired) electrons. The molecule has 0 aliphatic heterocycles. The van der Waals surface area contributed by atoms with Gasteiger partial charge < -0.3 is 15.7 Å². The van der Waals surface area contributed by atoms with Crippen molar-refractivity contribution in [2.75, 3.05) is 5.32 Å². The van der Waals surface area contributed by atoms with Crippen molar-refractivity contribution >= 4 is 29.2 Å². The van der Waals surface area contributed by atoms with Crippen LogP contribution >= 0.6 is 11.6 Å². The maximum atomic E-state index is 11.6. The zero-order valence-corrected chi connectivity index (χ0v) is 11.7. The third kappa shape index (κ3) is 4.67. The number of oxime groups is 1. The number of ether oxygens (including phenoxy) is 1.